The highest BCUT2D eigenvalue weighted by atomic mass is 32.1. The number of carbonyl (C=O) groups excluding carboxylic acids is 3. The van der Waals surface area contributed by atoms with Crippen molar-refractivity contribution >= 4 is 40.3 Å². The molecule has 1 aromatic heterocycles. The first-order valence-electron chi connectivity index (χ1n) is 8.80. The molecule has 1 aromatic carbocycles. The molecular formula is C21H18N2O5S. The molecule has 0 radical (unpaired) electrons. The van der Waals surface area contributed by atoms with Crippen molar-refractivity contribution in [3.8, 4) is 6.07 Å². The van der Waals surface area contributed by atoms with Crippen LogP contribution in [0, 0.1) is 11.3 Å². The topological polar surface area (TPSA) is 105 Å². The monoisotopic (exact) mass is 410 g/mol. The fourth-order valence-electron chi connectivity index (χ4n) is 3.27. The Bertz CT molecular complexity index is 1030. The standard InChI is InChI=1S/C21H18N2O5S/c1-27-20(25)14-8-9-15-16(14)17(21(26)28-2)19(29-15)23-18(24)13(11-22)10-12-6-4-3-5-7-12/h3-7,10,14H,8-9H2,1-2H3,(H,23,24)/b13-10+. The maximum absolute atomic E-state index is 12.7. The minimum absolute atomic E-state index is 0.106. The largest absolute Gasteiger partial charge is 0.469 e. The highest BCUT2D eigenvalue weighted by Gasteiger charge is 2.38. The van der Waals surface area contributed by atoms with E-state index in [0.29, 0.717) is 24.0 Å². The van der Waals surface area contributed by atoms with Gasteiger partial charge in [0, 0.05) is 4.88 Å². The molecule has 1 atom stereocenters. The number of nitrogens with one attached hydrogen (secondary N) is 1. The Morgan fingerprint density at radius 1 is 1.21 bits per heavy atom. The van der Waals surface area contributed by atoms with E-state index in [1.807, 2.05) is 12.1 Å². The molecule has 1 unspecified atom stereocenters. The van der Waals surface area contributed by atoms with Gasteiger partial charge in [-0.3, -0.25) is 9.59 Å². The van der Waals surface area contributed by atoms with E-state index < -0.39 is 23.8 Å². The smallest absolute Gasteiger partial charge is 0.341 e. The zero-order chi connectivity index (χ0) is 21.0. The van der Waals surface area contributed by atoms with Crippen molar-refractivity contribution in [2.75, 3.05) is 19.5 Å². The summed E-state index contributed by atoms with van der Waals surface area (Å²) in [5.41, 5.74) is 1.28. The van der Waals surface area contributed by atoms with Gasteiger partial charge >= 0.3 is 11.9 Å². The summed E-state index contributed by atoms with van der Waals surface area (Å²) in [5.74, 6) is -2.32. The minimum atomic E-state index is -0.654. The quantitative estimate of drug-likeness (QED) is 0.461. The SMILES string of the molecule is COC(=O)c1c(NC(=O)/C(C#N)=C/c2ccccc2)sc2c1C(C(=O)OC)CC2. The predicted molar refractivity (Wildman–Crippen MR) is 107 cm³/mol. The van der Waals surface area contributed by atoms with Crippen molar-refractivity contribution < 1.29 is 23.9 Å². The molecule has 148 valence electrons. The van der Waals surface area contributed by atoms with Gasteiger partial charge in [-0.25, -0.2) is 4.79 Å². The number of fused-ring (bicyclic) bond motifs is 1. The van der Waals surface area contributed by atoms with Gasteiger partial charge in [0.25, 0.3) is 5.91 Å². The van der Waals surface area contributed by atoms with E-state index in [9.17, 15) is 19.6 Å². The molecule has 3 rings (SSSR count). The highest BCUT2D eigenvalue weighted by molar-refractivity contribution is 7.17. The molecule has 2 aromatic rings. The van der Waals surface area contributed by atoms with Gasteiger partial charge in [0.1, 0.15) is 16.6 Å². The number of carbonyl (C=O) groups is 3. The van der Waals surface area contributed by atoms with Crippen LogP contribution < -0.4 is 5.32 Å². The van der Waals surface area contributed by atoms with Gasteiger partial charge in [0.05, 0.1) is 25.7 Å². The zero-order valence-electron chi connectivity index (χ0n) is 15.9. The lowest BCUT2D eigenvalue weighted by molar-refractivity contribution is -0.142. The Hall–Kier alpha value is -3.44. The fraction of sp³-hybridized carbons (Fsp3) is 0.238. The second-order valence-corrected chi connectivity index (χ2v) is 7.39. The molecule has 1 N–H and O–H groups in total. The van der Waals surface area contributed by atoms with Gasteiger partial charge in [0.15, 0.2) is 0 Å². The number of esters is 2. The van der Waals surface area contributed by atoms with E-state index in [0.717, 1.165) is 4.88 Å². The van der Waals surface area contributed by atoms with Crippen molar-refractivity contribution in [3.05, 3.63) is 57.5 Å². The highest BCUT2D eigenvalue weighted by Crippen LogP contribution is 2.46. The Morgan fingerprint density at radius 2 is 1.93 bits per heavy atom. The Balaban J connectivity index is 1.96. The number of benzene rings is 1. The predicted octanol–water partition coefficient (Wildman–Crippen LogP) is 3.28. The first kappa shape index (κ1) is 20.3. The number of ether oxygens (including phenoxy) is 2. The Kier molecular flexibility index (Phi) is 6.10. The van der Waals surface area contributed by atoms with Gasteiger partial charge in [-0.05, 0) is 30.0 Å². The summed E-state index contributed by atoms with van der Waals surface area (Å²) < 4.78 is 9.72. The van der Waals surface area contributed by atoms with Crippen molar-refractivity contribution in [3.63, 3.8) is 0 Å². The van der Waals surface area contributed by atoms with Gasteiger partial charge in [-0.1, -0.05) is 30.3 Å². The molecule has 0 bridgehead atoms. The summed E-state index contributed by atoms with van der Waals surface area (Å²) >= 11 is 1.21. The van der Waals surface area contributed by atoms with Crippen LogP contribution in [0.15, 0.2) is 35.9 Å². The molecule has 8 heteroatoms. The van der Waals surface area contributed by atoms with Gasteiger partial charge in [-0.2, -0.15) is 5.26 Å². The molecule has 0 saturated heterocycles. The maximum atomic E-state index is 12.7. The van der Waals surface area contributed by atoms with Crippen LogP contribution in [-0.4, -0.2) is 32.1 Å². The summed E-state index contributed by atoms with van der Waals surface area (Å²) in [7, 11) is 2.52. The molecule has 0 saturated carbocycles. The van der Waals surface area contributed by atoms with Crippen molar-refractivity contribution in [1.29, 1.82) is 5.26 Å². The maximum Gasteiger partial charge on any atom is 0.341 e. The Labute approximate surface area is 171 Å². The first-order valence-corrected chi connectivity index (χ1v) is 9.61. The van der Waals surface area contributed by atoms with E-state index in [4.69, 9.17) is 9.47 Å². The van der Waals surface area contributed by atoms with Gasteiger partial charge in [-0.15, -0.1) is 11.3 Å². The summed E-state index contributed by atoms with van der Waals surface area (Å²) in [5, 5.41) is 12.3. The summed E-state index contributed by atoms with van der Waals surface area (Å²) in [6, 6.07) is 10.8. The second-order valence-electron chi connectivity index (χ2n) is 6.28. The molecule has 1 amide bonds. The lowest BCUT2D eigenvalue weighted by Crippen LogP contribution is -2.18. The molecule has 1 aliphatic rings. The summed E-state index contributed by atoms with van der Waals surface area (Å²) in [6.45, 7) is 0. The number of hydrogen-bond acceptors (Lipinski definition) is 7. The second kappa shape index (κ2) is 8.71. The number of methoxy groups -OCH3 is 2. The van der Waals surface area contributed by atoms with Gasteiger partial charge in [0.2, 0.25) is 0 Å². The first-order chi connectivity index (χ1) is 14.0. The number of thiophene rings is 1. The minimum Gasteiger partial charge on any atom is -0.469 e. The number of nitriles is 1. The fourth-order valence-corrected chi connectivity index (χ4v) is 4.53. The molecule has 1 heterocycles. The molecule has 0 fully saturated rings. The molecular weight excluding hydrogens is 392 g/mol. The van der Waals surface area contributed by atoms with Crippen LogP contribution >= 0.6 is 11.3 Å². The zero-order valence-corrected chi connectivity index (χ0v) is 16.7. The van der Waals surface area contributed by atoms with E-state index in [1.165, 1.54) is 31.6 Å². The number of aryl methyl sites for hydroxylation is 1. The van der Waals surface area contributed by atoms with Crippen LogP contribution in [0.3, 0.4) is 0 Å². The number of nitrogens with zero attached hydrogens (tertiary/aromatic N) is 1. The number of amides is 1. The van der Waals surface area contributed by atoms with E-state index in [-0.39, 0.29) is 16.1 Å². The van der Waals surface area contributed by atoms with Crippen molar-refractivity contribution in [2.45, 2.75) is 18.8 Å². The van der Waals surface area contributed by atoms with Crippen molar-refractivity contribution in [1.82, 2.24) is 0 Å². The average molecular weight is 410 g/mol. The van der Waals surface area contributed by atoms with E-state index in [1.54, 1.807) is 24.3 Å². The lowest BCUT2D eigenvalue weighted by Gasteiger charge is -2.11. The molecule has 0 aliphatic heterocycles. The van der Waals surface area contributed by atoms with E-state index >= 15 is 0 Å². The third-order valence-electron chi connectivity index (χ3n) is 4.61. The van der Waals surface area contributed by atoms with Crippen LogP contribution in [0.5, 0.6) is 0 Å². The van der Waals surface area contributed by atoms with Gasteiger partial charge < -0.3 is 14.8 Å². The van der Waals surface area contributed by atoms with E-state index in [2.05, 4.69) is 5.32 Å². The van der Waals surface area contributed by atoms with Crippen LogP contribution in [-0.2, 0) is 25.5 Å². The van der Waals surface area contributed by atoms with Crippen molar-refractivity contribution in [2.24, 2.45) is 0 Å². The molecule has 7 nitrogen and oxygen atoms in total. The summed E-state index contributed by atoms with van der Waals surface area (Å²) in [6.07, 6.45) is 2.58. The number of anilines is 1. The molecule has 0 spiro atoms. The van der Waals surface area contributed by atoms with Crippen LogP contribution in [0.2, 0.25) is 0 Å². The number of hydrogen-bond donors (Lipinski definition) is 1. The normalized spacial score (nSPS) is 15.2. The lowest BCUT2D eigenvalue weighted by atomic mass is 9.99. The van der Waals surface area contributed by atoms with Crippen LogP contribution in [0.4, 0.5) is 5.00 Å². The van der Waals surface area contributed by atoms with Crippen LogP contribution in [0.1, 0.15) is 38.7 Å². The van der Waals surface area contributed by atoms with Crippen LogP contribution in [0.25, 0.3) is 6.08 Å². The molecule has 29 heavy (non-hydrogen) atoms. The number of rotatable bonds is 5. The molecule has 1 aliphatic carbocycles. The third-order valence-corrected chi connectivity index (χ3v) is 5.79. The third kappa shape index (κ3) is 4.05. The Morgan fingerprint density at radius 3 is 2.55 bits per heavy atom. The summed E-state index contributed by atoms with van der Waals surface area (Å²) in [4.78, 5) is 38.0. The average Bonchev–Trinajstić information content (AvgIpc) is 3.30.